The number of ether oxygens (including phenoxy) is 1. The van der Waals surface area contributed by atoms with Crippen molar-refractivity contribution in [3.8, 4) is 16.9 Å². The number of carbonyl (C=O) groups excluding carboxylic acids is 1. The van der Waals surface area contributed by atoms with Crippen molar-refractivity contribution in [2.75, 3.05) is 38.6 Å². The molecule has 1 aromatic heterocycles. The second-order valence-electron chi connectivity index (χ2n) is 13.3. The molecule has 2 saturated heterocycles. The molecule has 1 atom stereocenters. The molecule has 0 bridgehead atoms. The number of amides is 1. The van der Waals surface area contributed by atoms with Crippen molar-refractivity contribution >= 4 is 35.3 Å². The average molecular weight is 719 g/mol. The monoisotopic (exact) mass is 718 g/mol. The van der Waals surface area contributed by atoms with E-state index in [-0.39, 0.29) is 17.4 Å². The van der Waals surface area contributed by atoms with Gasteiger partial charge < -0.3 is 15.2 Å². The van der Waals surface area contributed by atoms with Crippen molar-refractivity contribution in [3.05, 3.63) is 111 Å². The Morgan fingerprint density at radius 1 is 0.980 bits per heavy atom. The number of hydrogen-bond donors (Lipinski definition) is 2. The van der Waals surface area contributed by atoms with Crippen LogP contribution in [0.5, 0.6) is 5.75 Å². The van der Waals surface area contributed by atoms with Crippen molar-refractivity contribution in [1.29, 1.82) is 0 Å². The summed E-state index contributed by atoms with van der Waals surface area (Å²) in [5, 5.41) is 13.0. The molecular formula is C40H42ClF3N4O3. The molecule has 268 valence electrons. The zero-order valence-corrected chi connectivity index (χ0v) is 29.5. The van der Waals surface area contributed by atoms with E-state index in [9.17, 15) is 23.1 Å². The molecule has 2 fully saturated rings. The number of carbonyl (C=O) groups is 1. The summed E-state index contributed by atoms with van der Waals surface area (Å²) in [7, 11) is 1.49. The van der Waals surface area contributed by atoms with Crippen molar-refractivity contribution in [2.45, 2.75) is 58.0 Å². The lowest BCUT2D eigenvalue weighted by Gasteiger charge is -2.27. The van der Waals surface area contributed by atoms with Crippen LogP contribution in [0.3, 0.4) is 0 Å². The number of pyridine rings is 1. The van der Waals surface area contributed by atoms with Gasteiger partial charge in [-0.3, -0.25) is 19.6 Å². The van der Waals surface area contributed by atoms with E-state index in [4.69, 9.17) is 16.3 Å². The molecule has 3 aromatic carbocycles. The van der Waals surface area contributed by atoms with Gasteiger partial charge in [0.2, 0.25) is 0 Å². The third kappa shape index (κ3) is 8.81. The molecule has 0 spiro atoms. The summed E-state index contributed by atoms with van der Waals surface area (Å²) in [5.74, 6) is 0.0155. The fraction of sp³-hybridized carbons (Fsp3) is 0.350. The lowest BCUT2D eigenvalue weighted by Crippen LogP contribution is -2.29. The van der Waals surface area contributed by atoms with Crippen LogP contribution in [0.4, 0.5) is 18.9 Å². The number of hydrogen-bond acceptors (Lipinski definition) is 6. The zero-order chi connectivity index (χ0) is 36.1. The Morgan fingerprint density at radius 3 is 2.41 bits per heavy atom. The zero-order valence-electron chi connectivity index (χ0n) is 28.8. The van der Waals surface area contributed by atoms with E-state index in [1.54, 1.807) is 30.5 Å². The van der Waals surface area contributed by atoms with Crippen LogP contribution in [0.2, 0.25) is 5.02 Å². The van der Waals surface area contributed by atoms with E-state index < -0.39 is 17.6 Å². The highest BCUT2D eigenvalue weighted by molar-refractivity contribution is 6.36. The molecule has 6 rings (SSSR count). The predicted molar refractivity (Wildman–Crippen MR) is 196 cm³/mol. The number of β-amino-alcohol motifs (C(OH)–C–C–N with tert-alkyl or cyclic N) is 1. The molecule has 0 aliphatic carbocycles. The number of likely N-dealkylation sites (tertiary alicyclic amines) is 2. The largest absolute Gasteiger partial charge is 0.496 e. The van der Waals surface area contributed by atoms with E-state index in [1.165, 1.54) is 25.3 Å². The molecule has 7 nitrogen and oxygen atoms in total. The van der Waals surface area contributed by atoms with Gasteiger partial charge in [0.25, 0.3) is 5.91 Å². The molecule has 4 aromatic rings. The normalized spacial score (nSPS) is 17.3. The van der Waals surface area contributed by atoms with Crippen molar-refractivity contribution in [3.63, 3.8) is 0 Å². The molecule has 2 aliphatic rings. The predicted octanol–water partition coefficient (Wildman–Crippen LogP) is 8.71. The highest BCUT2D eigenvalue weighted by atomic mass is 35.5. The summed E-state index contributed by atoms with van der Waals surface area (Å²) >= 11 is 6.87. The number of benzene rings is 3. The standard InChI is InChI=1S/C40H42ClF3N4O3/c1-26-28(13-14-29-21-37(51-2)30(20-34(29)40(42,43)44)24-47-17-4-3-5-18-47)8-6-9-32(26)33-10-7-11-35(38(33)41)46-39(50)36-15-12-27(22-45-36)23-48-19-16-31(49)25-48/h6-15,20-22,31,49H,3-5,16-19,23-25H2,1-2H3,(H,46,50)/b14-13+/t31-/m1/s1. The van der Waals surface area contributed by atoms with Gasteiger partial charge in [0.05, 0.1) is 29.5 Å². The molecule has 2 N–H and O–H groups in total. The molecule has 1 amide bonds. The minimum atomic E-state index is -4.55. The SMILES string of the molecule is COc1cc(/C=C/c2cccc(-c3cccc(NC(=O)c4ccc(CN5CC[C@@H](O)C5)cn4)c3Cl)c2C)c(C(F)(F)F)cc1CN1CCCCC1. The lowest BCUT2D eigenvalue weighted by molar-refractivity contribution is -0.137. The molecule has 0 saturated carbocycles. The number of halogens is 4. The second-order valence-corrected chi connectivity index (χ2v) is 13.7. The van der Waals surface area contributed by atoms with E-state index in [0.717, 1.165) is 67.6 Å². The first kappa shape index (κ1) is 36.6. The molecule has 51 heavy (non-hydrogen) atoms. The minimum absolute atomic E-state index is 0.0192. The van der Waals surface area contributed by atoms with Crippen molar-refractivity contribution < 1.29 is 27.8 Å². The van der Waals surface area contributed by atoms with Gasteiger partial charge in [0, 0.05) is 43.5 Å². The third-order valence-electron chi connectivity index (χ3n) is 9.67. The highest BCUT2D eigenvalue weighted by Gasteiger charge is 2.34. The van der Waals surface area contributed by atoms with Gasteiger partial charge in [-0.2, -0.15) is 13.2 Å². The van der Waals surface area contributed by atoms with Gasteiger partial charge in [0.1, 0.15) is 11.4 Å². The third-order valence-corrected chi connectivity index (χ3v) is 10.1. The number of aromatic nitrogens is 1. The van der Waals surface area contributed by atoms with Crippen LogP contribution in [-0.2, 0) is 19.3 Å². The summed E-state index contributed by atoms with van der Waals surface area (Å²) < 4.78 is 48.7. The highest BCUT2D eigenvalue weighted by Crippen LogP contribution is 2.39. The maximum atomic E-state index is 14.4. The smallest absolute Gasteiger partial charge is 0.417 e. The fourth-order valence-electron chi connectivity index (χ4n) is 6.89. The number of nitrogens with one attached hydrogen (secondary N) is 1. The quantitative estimate of drug-likeness (QED) is 0.160. The van der Waals surface area contributed by atoms with E-state index in [0.29, 0.717) is 47.2 Å². The van der Waals surface area contributed by atoms with Crippen molar-refractivity contribution in [2.24, 2.45) is 0 Å². The summed E-state index contributed by atoms with van der Waals surface area (Å²) in [4.78, 5) is 21.8. The Kier molecular flexibility index (Phi) is 11.5. The number of aliphatic hydroxyl groups is 1. The van der Waals surface area contributed by atoms with Crippen LogP contribution in [0, 0.1) is 6.92 Å². The molecule has 0 unspecified atom stereocenters. The molecule has 2 aliphatic heterocycles. The summed E-state index contributed by atoms with van der Waals surface area (Å²) in [6.07, 6.45) is 3.93. The molecule has 11 heteroatoms. The van der Waals surface area contributed by atoms with Crippen LogP contribution >= 0.6 is 11.6 Å². The number of methoxy groups -OCH3 is 1. The number of nitrogens with zero attached hydrogens (tertiary/aromatic N) is 3. The van der Waals surface area contributed by atoms with Crippen molar-refractivity contribution in [1.82, 2.24) is 14.8 Å². The van der Waals surface area contributed by atoms with Crippen LogP contribution in [0.25, 0.3) is 23.3 Å². The van der Waals surface area contributed by atoms with Gasteiger partial charge >= 0.3 is 6.18 Å². The number of anilines is 1. The number of rotatable bonds is 10. The Labute approximate surface area is 301 Å². The summed E-state index contributed by atoms with van der Waals surface area (Å²) in [6, 6.07) is 17.1. The second kappa shape index (κ2) is 16.0. The maximum absolute atomic E-state index is 14.4. The van der Waals surface area contributed by atoms with E-state index in [2.05, 4.69) is 20.1 Å². The number of alkyl halides is 3. The van der Waals surface area contributed by atoms with Gasteiger partial charge in [-0.05, 0) is 91.4 Å². The lowest BCUT2D eigenvalue weighted by atomic mass is 9.94. The van der Waals surface area contributed by atoms with Crippen LogP contribution in [-0.4, -0.2) is 65.2 Å². The number of aliphatic hydroxyl groups excluding tert-OH is 1. The Hall–Kier alpha value is -4.22. The average Bonchev–Trinajstić information content (AvgIpc) is 3.53. The first-order valence-corrected chi connectivity index (χ1v) is 17.6. The first-order chi connectivity index (χ1) is 24.5. The van der Waals surface area contributed by atoms with Crippen LogP contribution in [0.15, 0.2) is 66.9 Å². The fourth-order valence-corrected chi connectivity index (χ4v) is 7.17. The van der Waals surface area contributed by atoms with Gasteiger partial charge in [-0.1, -0.05) is 66.6 Å². The van der Waals surface area contributed by atoms with Crippen LogP contribution in [0.1, 0.15) is 69.6 Å². The summed E-state index contributed by atoms with van der Waals surface area (Å²) in [6.45, 7) is 6.10. The Morgan fingerprint density at radius 2 is 1.73 bits per heavy atom. The first-order valence-electron chi connectivity index (χ1n) is 17.2. The Balaban J connectivity index is 1.21. The van der Waals surface area contributed by atoms with Crippen LogP contribution < -0.4 is 10.1 Å². The van der Waals surface area contributed by atoms with Gasteiger partial charge in [-0.15, -0.1) is 0 Å². The number of piperidine rings is 1. The van der Waals surface area contributed by atoms with E-state index >= 15 is 0 Å². The minimum Gasteiger partial charge on any atom is -0.496 e. The maximum Gasteiger partial charge on any atom is 0.417 e. The van der Waals surface area contributed by atoms with Gasteiger partial charge in [-0.25, -0.2) is 0 Å². The Bertz CT molecular complexity index is 1890. The molecule has 0 radical (unpaired) electrons. The molecular weight excluding hydrogens is 677 g/mol. The van der Waals surface area contributed by atoms with Gasteiger partial charge in [0.15, 0.2) is 0 Å². The summed E-state index contributed by atoms with van der Waals surface area (Å²) in [5.41, 5.74) is 4.39. The topological polar surface area (TPSA) is 77.9 Å². The molecule has 3 heterocycles. The van der Waals surface area contributed by atoms with E-state index in [1.807, 2.05) is 37.3 Å².